The summed E-state index contributed by atoms with van der Waals surface area (Å²) in [7, 11) is 0. The fourth-order valence-corrected chi connectivity index (χ4v) is 6.16. The fraction of sp³-hybridized carbons (Fsp3) is 0.421. The van der Waals surface area contributed by atoms with E-state index in [2.05, 4.69) is 36.2 Å². The molecule has 1 saturated heterocycles. The summed E-state index contributed by atoms with van der Waals surface area (Å²) >= 11 is 11.6. The van der Waals surface area contributed by atoms with E-state index in [1.165, 1.54) is 22.2 Å². The average Bonchev–Trinajstić information content (AvgIpc) is 3.45. The number of carboxylic acid groups (broad SMARTS) is 1. The summed E-state index contributed by atoms with van der Waals surface area (Å²) in [5.41, 5.74) is -0.499. The van der Waals surface area contributed by atoms with Crippen molar-refractivity contribution in [1.82, 2.24) is 25.0 Å². The van der Waals surface area contributed by atoms with Gasteiger partial charge in [-0.3, -0.25) is 0 Å². The first-order valence-electron chi connectivity index (χ1n) is 9.97. The van der Waals surface area contributed by atoms with Crippen LogP contribution in [0.2, 0.25) is 5.15 Å². The molecule has 0 aromatic carbocycles. The number of aromatic carboxylic acids is 1. The van der Waals surface area contributed by atoms with Crippen LogP contribution in [0.25, 0.3) is 10.7 Å². The maximum atomic E-state index is 11.7. The number of hydrogen-bond acceptors (Lipinski definition) is 11. The Balaban J connectivity index is 1.71. The number of thioether (sulfide) groups is 1. The standard InChI is InChI=1S/C19H19BrClN5O6S2/c1-2-31-16-14(26-5-9(24-25-26)17-23-12(21)7-33-17)15(28)10(6-27)32-19(16)34-11-3-8(20)4-22-13(11)18(29)30/h3-5,7,10,14-16,19,27-28H,2,6H2,1H3,(H,29,30)/t10-,14+,15+,16-,19-/m1/s1. The first-order valence-corrected chi connectivity index (χ1v) is 12.9. The van der Waals surface area contributed by atoms with Crippen LogP contribution in [0.4, 0.5) is 0 Å². The maximum Gasteiger partial charge on any atom is 0.355 e. The summed E-state index contributed by atoms with van der Waals surface area (Å²) in [6, 6.07) is 0.815. The van der Waals surface area contributed by atoms with Gasteiger partial charge in [-0.25, -0.2) is 19.4 Å². The van der Waals surface area contributed by atoms with E-state index in [0.717, 1.165) is 11.8 Å². The van der Waals surface area contributed by atoms with Crippen LogP contribution < -0.4 is 0 Å². The minimum Gasteiger partial charge on any atom is -0.476 e. The van der Waals surface area contributed by atoms with Gasteiger partial charge in [0.2, 0.25) is 0 Å². The van der Waals surface area contributed by atoms with Crippen molar-refractivity contribution >= 4 is 56.6 Å². The number of aliphatic hydroxyl groups is 2. The molecule has 11 nitrogen and oxygen atoms in total. The molecule has 3 N–H and O–H groups in total. The molecule has 4 rings (SSSR count). The average molecular weight is 593 g/mol. The number of aromatic nitrogens is 5. The minimum absolute atomic E-state index is 0.154. The molecule has 4 heterocycles. The molecule has 0 bridgehead atoms. The Hall–Kier alpha value is -1.65. The van der Waals surface area contributed by atoms with Crippen LogP contribution >= 0.6 is 50.6 Å². The van der Waals surface area contributed by atoms with E-state index in [0.29, 0.717) is 25.2 Å². The molecular weight excluding hydrogens is 574 g/mol. The Kier molecular flexibility index (Phi) is 8.20. The van der Waals surface area contributed by atoms with Gasteiger partial charge >= 0.3 is 5.97 Å². The van der Waals surface area contributed by atoms with E-state index in [1.807, 2.05) is 0 Å². The third-order valence-electron chi connectivity index (χ3n) is 4.96. The first-order chi connectivity index (χ1) is 16.3. The predicted molar refractivity (Wildman–Crippen MR) is 127 cm³/mol. The van der Waals surface area contributed by atoms with Gasteiger partial charge in [0.1, 0.15) is 45.6 Å². The van der Waals surface area contributed by atoms with Crippen LogP contribution in [0.5, 0.6) is 0 Å². The topological polar surface area (TPSA) is 153 Å². The summed E-state index contributed by atoms with van der Waals surface area (Å²) < 4.78 is 13.9. The Morgan fingerprint density at radius 3 is 2.91 bits per heavy atom. The van der Waals surface area contributed by atoms with Gasteiger partial charge < -0.3 is 24.8 Å². The number of ether oxygens (including phenoxy) is 2. The van der Waals surface area contributed by atoms with Crippen molar-refractivity contribution in [3.8, 4) is 10.7 Å². The number of hydrogen-bond donors (Lipinski definition) is 3. The van der Waals surface area contributed by atoms with Crippen LogP contribution in [0.1, 0.15) is 23.5 Å². The van der Waals surface area contributed by atoms with E-state index >= 15 is 0 Å². The Labute approximate surface area is 215 Å². The van der Waals surface area contributed by atoms with E-state index < -0.39 is 42.4 Å². The number of carboxylic acids is 1. The zero-order chi connectivity index (χ0) is 24.4. The smallest absolute Gasteiger partial charge is 0.355 e. The van der Waals surface area contributed by atoms with Crippen LogP contribution in [0.15, 0.2) is 33.2 Å². The molecule has 3 aromatic rings. The summed E-state index contributed by atoms with van der Waals surface area (Å²) in [4.78, 5) is 20.2. The van der Waals surface area contributed by atoms with Gasteiger partial charge in [0.05, 0.1) is 12.8 Å². The van der Waals surface area contributed by atoms with Gasteiger partial charge in [-0.15, -0.1) is 16.4 Å². The van der Waals surface area contributed by atoms with Gasteiger partial charge in [0.25, 0.3) is 0 Å². The predicted octanol–water partition coefficient (Wildman–Crippen LogP) is 2.73. The van der Waals surface area contributed by atoms with Gasteiger partial charge in [-0.05, 0) is 28.9 Å². The lowest BCUT2D eigenvalue weighted by Gasteiger charge is -2.43. The second-order valence-electron chi connectivity index (χ2n) is 7.11. The molecule has 0 aliphatic carbocycles. The van der Waals surface area contributed by atoms with Gasteiger partial charge in [0.15, 0.2) is 5.69 Å². The SMILES string of the molecule is CCO[C@@H]1[C@@H](n2cc(-c3nc(Cl)cs3)nn2)[C@@H](O)[C@@H](CO)O[C@@H]1Sc1cc(Br)cnc1C(=O)O. The number of rotatable bonds is 8. The molecule has 3 aromatic heterocycles. The number of halogens is 2. The molecule has 0 radical (unpaired) electrons. The summed E-state index contributed by atoms with van der Waals surface area (Å²) in [6.45, 7) is 1.60. The highest BCUT2D eigenvalue weighted by Crippen LogP contribution is 2.41. The minimum atomic E-state index is -1.20. The second kappa shape index (κ2) is 11.0. The summed E-state index contributed by atoms with van der Waals surface area (Å²) in [6.07, 6.45) is 0.0601. The van der Waals surface area contributed by atoms with Crippen molar-refractivity contribution < 1.29 is 29.6 Å². The molecule has 0 spiro atoms. The molecule has 0 saturated carbocycles. The van der Waals surface area contributed by atoms with Crippen molar-refractivity contribution in [3.05, 3.63) is 39.2 Å². The van der Waals surface area contributed by atoms with Crippen LogP contribution in [0.3, 0.4) is 0 Å². The molecule has 34 heavy (non-hydrogen) atoms. The molecule has 1 aliphatic rings. The molecule has 15 heteroatoms. The Bertz CT molecular complexity index is 1170. The summed E-state index contributed by atoms with van der Waals surface area (Å²) in [5, 5.41) is 41.3. The number of aliphatic hydroxyl groups excluding tert-OH is 2. The van der Waals surface area contributed by atoms with Crippen molar-refractivity contribution in [2.24, 2.45) is 0 Å². The zero-order valence-corrected chi connectivity index (χ0v) is 21.5. The number of pyridine rings is 1. The van der Waals surface area contributed by atoms with Crippen LogP contribution in [0, 0.1) is 0 Å². The van der Waals surface area contributed by atoms with Crippen molar-refractivity contribution in [3.63, 3.8) is 0 Å². The van der Waals surface area contributed by atoms with Crippen molar-refractivity contribution in [2.75, 3.05) is 13.2 Å². The van der Waals surface area contributed by atoms with Crippen LogP contribution in [-0.2, 0) is 9.47 Å². The summed E-state index contributed by atoms with van der Waals surface area (Å²) in [5.74, 6) is -1.20. The monoisotopic (exact) mass is 591 g/mol. The first kappa shape index (κ1) is 25.4. The Morgan fingerprint density at radius 2 is 2.26 bits per heavy atom. The van der Waals surface area contributed by atoms with Crippen molar-refractivity contribution in [2.45, 2.75) is 41.6 Å². The van der Waals surface area contributed by atoms with Gasteiger partial charge in [-0.1, -0.05) is 28.6 Å². The number of nitrogens with zero attached hydrogens (tertiary/aromatic N) is 5. The highest BCUT2D eigenvalue weighted by atomic mass is 79.9. The van der Waals surface area contributed by atoms with Gasteiger partial charge in [0, 0.05) is 27.6 Å². The molecule has 0 unspecified atom stereocenters. The van der Waals surface area contributed by atoms with Crippen molar-refractivity contribution in [1.29, 1.82) is 0 Å². The third kappa shape index (κ3) is 5.28. The molecule has 1 fully saturated rings. The van der Waals surface area contributed by atoms with Crippen LogP contribution in [-0.4, -0.2) is 83.2 Å². The third-order valence-corrected chi connectivity index (χ3v) is 7.76. The molecule has 0 amide bonds. The Morgan fingerprint density at radius 1 is 1.47 bits per heavy atom. The quantitative estimate of drug-likeness (QED) is 0.354. The zero-order valence-electron chi connectivity index (χ0n) is 17.5. The van der Waals surface area contributed by atoms with E-state index in [4.69, 9.17) is 21.1 Å². The van der Waals surface area contributed by atoms with E-state index in [9.17, 15) is 20.1 Å². The lowest BCUT2D eigenvalue weighted by Crippen LogP contribution is -2.56. The molecule has 5 atom stereocenters. The molecule has 182 valence electrons. The highest BCUT2D eigenvalue weighted by molar-refractivity contribution is 9.10. The normalized spacial score (nSPS) is 24.9. The fourth-order valence-electron chi connectivity index (χ4n) is 3.52. The number of thiazole rings is 1. The second-order valence-corrected chi connectivity index (χ2v) is 10.4. The lowest BCUT2D eigenvalue weighted by molar-refractivity contribution is -0.191. The molecule has 1 aliphatic heterocycles. The van der Waals surface area contributed by atoms with E-state index in [1.54, 1.807) is 24.6 Å². The highest BCUT2D eigenvalue weighted by Gasteiger charge is 2.48. The largest absolute Gasteiger partial charge is 0.476 e. The van der Waals surface area contributed by atoms with Gasteiger partial charge in [-0.2, -0.15) is 0 Å². The van der Waals surface area contributed by atoms with E-state index in [-0.39, 0.29) is 12.3 Å². The maximum absolute atomic E-state index is 11.7. The number of carbonyl (C=O) groups is 1. The lowest BCUT2D eigenvalue weighted by atomic mass is 9.97. The molecular formula is C19H19BrClN5O6S2.